The summed E-state index contributed by atoms with van der Waals surface area (Å²) in [5.41, 5.74) is 7.36. The van der Waals surface area contributed by atoms with Crippen molar-refractivity contribution in [3.05, 3.63) is 11.8 Å². The van der Waals surface area contributed by atoms with Gasteiger partial charge in [0.1, 0.15) is 0 Å². The average molecular weight is 140 g/mol. The van der Waals surface area contributed by atoms with Gasteiger partial charge in [0.15, 0.2) is 0 Å². The number of aliphatic imine (C=N–C) groups is 1. The number of allylic oxidation sites excluding steroid dienone is 2. The van der Waals surface area contributed by atoms with Crippen LogP contribution in [0.15, 0.2) is 16.8 Å². The van der Waals surface area contributed by atoms with E-state index in [0.29, 0.717) is 5.92 Å². The Morgan fingerprint density at radius 2 is 2.00 bits per heavy atom. The number of nitrogens with two attached hydrogens (primary N) is 1. The van der Waals surface area contributed by atoms with Crippen LogP contribution in [0.2, 0.25) is 0 Å². The minimum Gasteiger partial charge on any atom is -0.402 e. The van der Waals surface area contributed by atoms with E-state index >= 15 is 0 Å². The van der Waals surface area contributed by atoms with Crippen LogP contribution < -0.4 is 5.73 Å². The Labute approximate surface area is 62.8 Å². The SMILES string of the molecule is CN=C(/C=C(/C)N)C(C)C. The summed E-state index contributed by atoms with van der Waals surface area (Å²) < 4.78 is 0. The van der Waals surface area contributed by atoms with Gasteiger partial charge in [-0.2, -0.15) is 0 Å². The van der Waals surface area contributed by atoms with Crippen LogP contribution in [0.4, 0.5) is 0 Å². The Kier molecular flexibility index (Phi) is 3.77. The van der Waals surface area contributed by atoms with E-state index < -0.39 is 0 Å². The second-order valence-corrected chi connectivity index (χ2v) is 2.69. The summed E-state index contributed by atoms with van der Waals surface area (Å²) in [5.74, 6) is 0.462. The molecule has 0 aliphatic heterocycles. The van der Waals surface area contributed by atoms with Gasteiger partial charge < -0.3 is 5.73 Å². The van der Waals surface area contributed by atoms with E-state index in [1.165, 1.54) is 0 Å². The van der Waals surface area contributed by atoms with Gasteiger partial charge in [0.25, 0.3) is 0 Å². The summed E-state index contributed by atoms with van der Waals surface area (Å²) in [6.07, 6.45) is 1.91. The van der Waals surface area contributed by atoms with Crippen LogP contribution in [0.5, 0.6) is 0 Å². The molecular weight excluding hydrogens is 124 g/mol. The second kappa shape index (κ2) is 4.09. The molecule has 0 aromatic carbocycles. The van der Waals surface area contributed by atoms with Gasteiger partial charge in [0, 0.05) is 18.5 Å². The van der Waals surface area contributed by atoms with Crippen molar-refractivity contribution in [3.8, 4) is 0 Å². The highest BCUT2D eigenvalue weighted by atomic mass is 14.7. The predicted octanol–water partition coefficient (Wildman–Crippen LogP) is 1.58. The lowest BCUT2D eigenvalue weighted by Crippen LogP contribution is -2.06. The van der Waals surface area contributed by atoms with Crippen molar-refractivity contribution in [2.45, 2.75) is 20.8 Å². The van der Waals surface area contributed by atoms with Gasteiger partial charge in [-0.05, 0) is 18.9 Å². The third kappa shape index (κ3) is 3.28. The highest BCUT2D eigenvalue weighted by Gasteiger charge is 1.98. The molecule has 0 bridgehead atoms. The smallest absolute Gasteiger partial charge is 0.0387 e. The molecule has 58 valence electrons. The average Bonchev–Trinajstić information content (AvgIpc) is 1.81. The van der Waals surface area contributed by atoms with Gasteiger partial charge in [0.2, 0.25) is 0 Å². The number of hydrogen-bond donors (Lipinski definition) is 1. The zero-order valence-corrected chi connectivity index (χ0v) is 7.18. The summed E-state index contributed by atoms with van der Waals surface area (Å²) in [6.45, 7) is 6.07. The molecule has 2 heteroatoms. The topological polar surface area (TPSA) is 38.4 Å². The molecule has 0 heterocycles. The monoisotopic (exact) mass is 140 g/mol. The summed E-state index contributed by atoms with van der Waals surface area (Å²) >= 11 is 0. The molecule has 10 heavy (non-hydrogen) atoms. The van der Waals surface area contributed by atoms with Crippen LogP contribution in [0.1, 0.15) is 20.8 Å². The van der Waals surface area contributed by atoms with Crippen molar-refractivity contribution in [1.82, 2.24) is 0 Å². The number of hydrogen-bond acceptors (Lipinski definition) is 2. The van der Waals surface area contributed by atoms with Crippen molar-refractivity contribution < 1.29 is 0 Å². The van der Waals surface area contributed by atoms with Crippen LogP contribution >= 0.6 is 0 Å². The fourth-order valence-electron chi connectivity index (χ4n) is 0.723. The molecule has 0 radical (unpaired) electrons. The molecule has 0 aliphatic carbocycles. The number of rotatable bonds is 2. The van der Waals surface area contributed by atoms with Crippen LogP contribution in [0.25, 0.3) is 0 Å². The van der Waals surface area contributed by atoms with E-state index in [2.05, 4.69) is 18.8 Å². The molecular formula is C8H16N2. The van der Waals surface area contributed by atoms with Crippen LogP contribution in [0, 0.1) is 5.92 Å². The molecule has 0 aliphatic rings. The molecule has 0 aromatic rings. The molecule has 0 saturated heterocycles. The molecule has 0 unspecified atom stereocenters. The lowest BCUT2D eigenvalue weighted by atomic mass is 10.1. The van der Waals surface area contributed by atoms with Gasteiger partial charge in [0.05, 0.1) is 0 Å². The zero-order chi connectivity index (χ0) is 8.15. The third-order valence-corrected chi connectivity index (χ3v) is 1.23. The largest absolute Gasteiger partial charge is 0.402 e. The Morgan fingerprint density at radius 3 is 2.10 bits per heavy atom. The van der Waals surface area contributed by atoms with Crippen molar-refractivity contribution in [3.63, 3.8) is 0 Å². The van der Waals surface area contributed by atoms with Crippen molar-refractivity contribution in [1.29, 1.82) is 0 Å². The first-order chi connectivity index (χ1) is 4.57. The predicted molar refractivity (Wildman–Crippen MR) is 46.1 cm³/mol. The molecule has 0 rings (SSSR count). The van der Waals surface area contributed by atoms with Crippen molar-refractivity contribution in [2.24, 2.45) is 16.6 Å². The zero-order valence-electron chi connectivity index (χ0n) is 7.18. The van der Waals surface area contributed by atoms with E-state index in [1.54, 1.807) is 7.05 Å². The minimum absolute atomic E-state index is 0.462. The van der Waals surface area contributed by atoms with Gasteiger partial charge >= 0.3 is 0 Å². The fourth-order valence-corrected chi connectivity index (χ4v) is 0.723. The highest BCUT2D eigenvalue weighted by molar-refractivity contribution is 5.96. The molecule has 0 aromatic heterocycles. The van der Waals surface area contributed by atoms with E-state index in [-0.39, 0.29) is 0 Å². The lowest BCUT2D eigenvalue weighted by molar-refractivity contribution is 0.884. The Bertz CT molecular complexity index is 151. The molecule has 0 fully saturated rings. The first-order valence-corrected chi connectivity index (χ1v) is 3.48. The summed E-state index contributed by atoms with van der Waals surface area (Å²) in [4.78, 5) is 4.09. The Hall–Kier alpha value is -0.790. The molecule has 2 nitrogen and oxygen atoms in total. The summed E-state index contributed by atoms with van der Waals surface area (Å²) in [6, 6.07) is 0. The Morgan fingerprint density at radius 1 is 1.50 bits per heavy atom. The normalized spacial score (nSPS) is 14.5. The maximum Gasteiger partial charge on any atom is 0.0387 e. The molecule has 0 amide bonds. The van der Waals surface area contributed by atoms with E-state index in [4.69, 9.17) is 5.73 Å². The van der Waals surface area contributed by atoms with Gasteiger partial charge in [-0.15, -0.1) is 0 Å². The van der Waals surface area contributed by atoms with Crippen molar-refractivity contribution >= 4 is 5.71 Å². The van der Waals surface area contributed by atoms with Gasteiger partial charge in [-0.25, -0.2) is 0 Å². The number of nitrogens with zero attached hydrogens (tertiary/aromatic N) is 1. The summed E-state index contributed by atoms with van der Waals surface area (Å²) in [5, 5.41) is 0. The molecule has 0 atom stereocenters. The molecule has 0 saturated carbocycles. The van der Waals surface area contributed by atoms with Crippen LogP contribution in [-0.4, -0.2) is 12.8 Å². The first-order valence-electron chi connectivity index (χ1n) is 3.48. The maximum atomic E-state index is 5.49. The highest BCUT2D eigenvalue weighted by Crippen LogP contribution is 1.99. The van der Waals surface area contributed by atoms with E-state index in [1.807, 2.05) is 13.0 Å². The molecule has 2 N–H and O–H groups in total. The summed E-state index contributed by atoms with van der Waals surface area (Å²) in [7, 11) is 1.79. The van der Waals surface area contributed by atoms with E-state index in [0.717, 1.165) is 11.4 Å². The maximum absolute atomic E-state index is 5.49. The first kappa shape index (κ1) is 9.21. The quantitative estimate of drug-likeness (QED) is 0.581. The standard InChI is InChI=1S/C8H16N2/c1-6(2)8(10-4)5-7(3)9/h5-6H,9H2,1-4H3/b7-5-,10-8?. The van der Waals surface area contributed by atoms with Gasteiger partial charge in [-0.1, -0.05) is 13.8 Å². The fraction of sp³-hybridized carbons (Fsp3) is 0.625. The van der Waals surface area contributed by atoms with E-state index in [9.17, 15) is 0 Å². The third-order valence-electron chi connectivity index (χ3n) is 1.23. The Balaban J connectivity index is 4.26. The minimum atomic E-state index is 0.462. The lowest BCUT2D eigenvalue weighted by Gasteiger charge is -2.03. The van der Waals surface area contributed by atoms with Crippen LogP contribution in [0.3, 0.4) is 0 Å². The molecule has 0 spiro atoms. The second-order valence-electron chi connectivity index (χ2n) is 2.69. The van der Waals surface area contributed by atoms with Gasteiger partial charge in [-0.3, -0.25) is 4.99 Å². The van der Waals surface area contributed by atoms with Crippen molar-refractivity contribution in [2.75, 3.05) is 7.05 Å². The van der Waals surface area contributed by atoms with Crippen LogP contribution in [-0.2, 0) is 0 Å².